The van der Waals surface area contributed by atoms with Crippen molar-refractivity contribution in [3.05, 3.63) is 24.8 Å². The number of hydrogen-bond donors (Lipinski definition) is 1. The van der Waals surface area contributed by atoms with E-state index in [0.717, 1.165) is 7.14 Å². The van der Waals surface area contributed by atoms with Crippen molar-refractivity contribution in [2.75, 3.05) is 7.11 Å². The van der Waals surface area contributed by atoms with Gasteiger partial charge in [-0.25, -0.2) is 4.79 Å². The molecule has 0 spiro atoms. The van der Waals surface area contributed by atoms with Gasteiger partial charge < -0.3 is 9.84 Å². The Bertz CT molecular complexity index is 349. The van der Waals surface area contributed by atoms with Crippen LogP contribution in [0.5, 0.6) is 5.75 Å². The van der Waals surface area contributed by atoms with Crippen molar-refractivity contribution in [1.82, 2.24) is 0 Å². The second-order valence-corrected chi connectivity index (χ2v) is 4.52. The molecule has 0 saturated heterocycles. The summed E-state index contributed by atoms with van der Waals surface area (Å²) in [6.07, 6.45) is 0. The standard InChI is InChI=1S/C8H6I2O3/c1-13-8(12)5-2-4(11)3-6(9)7(5)10/h2-3,11H,1H3. The van der Waals surface area contributed by atoms with Gasteiger partial charge in [-0.05, 0) is 57.3 Å². The zero-order valence-electron chi connectivity index (χ0n) is 6.67. The first-order valence-electron chi connectivity index (χ1n) is 3.32. The molecule has 5 heteroatoms. The summed E-state index contributed by atoms with van der Waals surface area (Å²) >= 11 is 4.09. The molecule has 0 unspecified atom stereocenters. The van der Waals surface area contributed by atoms with Crippen LogP contribution in [0.3, 0.4) is 0 Å². The number of phenolic OH excluding ortho intramolecular Hbond substituents is 1. The van der Waals surface area contributed by atoms with Crippen LogP contribution in [0, 0.1) is 7.14 Å². The van der Waals surface area contributed by atoms with Crippen LogP contribution in [0.15, 0.2) is 12.1 Å². The highest BCUT2D eigenvalue weighted by atomic mass is 127. The molecule has 1 aromatic rings. The minimum absolute atomic E-state index is 0.0743. The lowest BCUT2D eigenvalue weighted by Gasteiger charge is -2.04. The predicted octanol–water partition coefficient (Wildman–Crippen LogP) is 2.39. The van der Waals surface area contributed by atoms with Gasteiger partial charge in [0.05, 0.1) is 12.7 Å². The molecule has 0 fully saturated rings. The van der Waals surface area contributed by atoms with E-state index in [4.69, 9.17) is 0 Å². The van der Waals surface area contributed by atoms with Crippen LogP contribution in [0.2, 0.25) is 0 Å². The molecule has 0 bridgehead atoms. The largest absolute Gasteiger partial charge is 0.508 e. The minimum Gasteiger partial charge on any atom is -0.508 e. The van der Waals surface area contributed by atoms with Gasteiger partial charge in [-0.1, -0.05) is 0 Å². The number of halogens is 2. The van der Waals surface area contributed by atoms with Crippen LogP contribution in [0.25, 0.3) is 0 Å². The maximum Gasteiger partial charge on any atom is 0.339 e. The molecule has 1 rings (SSSR count). The predicted molar refractivity (Wildman–Crippen MR) is 64.9 cm³/mol. The van der Waals surface area contributed by atoms with E-state index in [2.05, 4.69) is 4.74 Å². The number of benzene rings is 1. The van der Waals surface area contributed by atoms with Crippen molar-refractivity contribution in [2.24, 2.45) is 0 Å². The fourth-order valence-corrected chi connectivity index (χ4v) is 1.97. The topological polar surface area (TPSA) is 46.5 Å². The van der Waals surface area contributed by atoms with Crippen molar-refractivity contribution in [3.63, 3.8) is 0 Å². The average Bonchev–Trinajstić information content (AvgIpc) is 2.10. The number of methoxy groups -OCH3 is 1. The smallest absolute Gasteiger partial charge is 0.339 e. The summed E-state index contributed by atoms with van der Waals surface area (Å²) in [6, 6.07) is 2.99. The summed E-state index contributed by atoms with van der Waals surface area (Å²) in [6.45, 7) is 0. The van der Waals surface area contributed by atoms with Gasteiger partial charge in [0.25, 0.3) is 0 Å². The van der Waals surface area contributed by atoms with Gasteiger partial charge in [-0.3, -0.25) is 0 Å². The molecule has 1 aromatic carbocycles. The van der Waals surface area contributed by atoms with E-state index in [9.17, 15) is 9.90 Å². The lowest BCUT2D eigenvalue weighted by Crippen LogP contribution is -2.04. The molecule has 0 radical (unpaired) electrons. The Balaban J connectivity index is 3.28. The molecule has 13 heavy (non-hydrogen) atoms. The summed E-state index contributed by atoms with van der Waals surface area (Å²) in [5.74, 6) is -0.358. The molecule has 0 aliphatic heterocycles. The highest BCUT2D eigenvalue weighted by Crippen LogP contribution is 2.25. The van der Waals surface area contributed by atoms with Crippen molar-refractivity contribution < 1.29 is 14.6 Å². The van der Waals surface area contributed by atoms with E-state index >= 15 is 0 Å². The summed E-state index contributed by atoms with van der Waals surface area (Å²) in [4.78, 5) is 11.2. The molecule has 70 valence electrons. The lowest BCUT2D eigenvalue weighted by atomic mass is 10.2. The first-order chi connectivity index (χ1) is 6.06. The Morgan fingerprint density at radius 1 is 1.46 bits per heavy atom. The quantitative estimate of drug-likeness (QED) is 0.578. The fourth-order valence-electron chi connectivity index (χ4n) is 0.833. The zero-order chi connectivity index (χ0) is 10.0. The van der Waals surface area contributed by atoms with E-state index in [0.29, 0.717) is 5.56 Å². The Labute approximate surface area is 103 Å². The molecule has 0 aromatic heterocycles. The number of hydrogen-bond acceptors (Lipinski definition) is 3. The van der Waals surface area contributed by atoms with Crippen molar-refractivity contribution >= 4 is 51.2 Å². The number of aromatic hydroxyl groups is 1. The molecule has 0 aliphatic rings. The van der Waals surface area contributed by atoms with Crippen molar-refractivity contribution in [3.8, 4) is 5.75 Å². The summed E-state index contributed by atoms with van der Waals surface area (Å²) in [5.41, 5.74) is 0.396. The summed E-state index contributed by atoms with van der Waals surface area (Å²) in [5, 5.41) is 9.25. The average molecular weight is 404 g/mol. The van der Waals surface area contributed by atoms with Crippen LogP contribution in [-0.4, -0.2) is 18.2 Å². The van der Waals surface area contributed by atoms with E-state index < -0.39 is 5.97 Å². The minimum atomic E-state index is -0.432. The van der Waals surface area contributed by atoms with Gasteiger partial charge in [0.1, 0.15) is 5.75 Å². The molecule has 0 saturated carbocycles. The molecular weight excluding hydrogens is 398 g/mol. The number of ether oxygens (including phenoxy) is 1. The van der Waals surface area contributed by atoms with E-state index in [-0.39, 0.29) is 5.75 Å². The third-order valence-electron chi connectivity index (χ3n) is 1.42. The van der Waals surface area contributed by atoms with Crippen LogP contribution in [0.1, 0.15) is 10.4 Å². The third-order valence-corrected chi connectivity index (χ3v) is 4.46. The SMILES string of the molecule is COC(=O)c1cc(O)cc(I)c1I. The number of carbonyl (C=O) groups is 1. The Morgan fingerprint density at radius 2 is 2.08 bits per heavy atom. The van der Waals surface area contributed by atoms with E-state index in [1.54, 1.807) is 6.07 Å². The number of rotatable bonds is 1. The number of phenols is 1. The van der Waals surface area contributed by atoms with E-state index in [1.165, 1.54) is 13.2 Å². The maximum absolute atomic E-state index is 11.2. The van der Waals surface area contributed by atoms with Crippen LogP contribution in [-0.2, 0) is 4.74 Å². The highest BCUT2D eigenvalue weighted by molar-refractivity contribution is 14.1. The second-order valence-electron chi connectivity index (χ2n) is 2.28. The Kier molecular flexibility index (Phi) is 3.77. The van der Waals surface area contributed by atoms with Crippen LogP contribution >= 0.6 is 45.2 Å². The molecule has 3 nitrogen and oxygen atoms in total. The Hall–Kier alpha value is -0.0500. The second kappa shape index (κ2) is 4.45. The van der Waals surface area contributed by atoms with Gasteiger partial charge in [0.2, 0.25) is 0 Å². The van der Waals surface area contributed by atoms with E-state index in [1.807, 2.05) is 45.2 Å². The number of carbonyl (C=O) groups excluding carboxylic acids is 1. The summed E-state index contributed by atoms with van der Waals surface area (Å²) < 4.78 is 6.20. The summed E-state index contributed by atoms with van der Waals surface area (Å²) in [7, 11) is 1.31. The van der Waals surface area contributed by atoms with Crippen molar-refractivity contribution in [2.45, 2.75) is 0 Å². The Morgan fingerprint density at radius 3 is 2.62 bits per heavy atom. The molecule has 0 aliphatic carbocycles. The monoisotopic (exact) mass is 404 g/mol. The normalized spacial score (nSPS) is 9.77. The first kappa shape index (κ1) is 11.0. The van der Waals surface area contributed by atoms with Crippen LogP contribution < -0.4 is 0 Å². The first-order valence-corrected chi connectivity index (χ1v) is 5.48. The zero-order valence-corrected chi connectivity index (χ0v) is 11.0. The number of esters is 1. The van der Waals surface area contributed by atoms with Crippen LogP contribution in [0.4, 0.5) is 0 Å². The lowest BCUT2D eigenvalue weighted by molar-refractivity contribution is 0.0599. The van der Waals surface area contributed by atoms with Gasteiger partial charge in [0.15, 0.2) is 0 Å². The van der Waals surface area contributed by atoms with Gasteiger partial charge in [-0.2, -0.15) is 0 Å². The fraction of sp³-hybridized carbons (Fsp3) is 0.125. The van der Waals surface area contributed by atoms with Crippen molar-refractivity contribution in [1.29, 1.82) is 0 Å². The highest BCUT2D eigenvalue weighted by Gasteiger charge is 2.13. The molecule has 0 atom stereocenters. The maximum atomic E-state index is 11.2. The third kappa shape index (κ3) is 2.46. The van der Waals surface area contributed by atoms with Gasteiger partial charge >= 0.3 is 5.97 Å². The van der Waals surface area contributed by atoms with Gasteiger partial charge in [0, 0.05) is 7.14 Å². The molecule has 0 heterocycles. The molecule has 0 amide bonds. The van der Waals surface area contributed by atoms with Gasteiger partial charge in [-0.15, -0.1) is 0 Å². The molecular formula is C8H6I2O3. The molecule has 1 N–H and O–H groups in total.